The van der Waals surface area contributed by atoms with Crippen molar-refractivity contribution in [1.82, 2.24) is 4.90 Å². The molecule has 106 valence electrons. The van der Waals surface area contributed by atoms with Crippen LogP contribution in [0, 0.1) is 0 Å². The van der Waals surface area contributed by atoms with E-state index in [-0.39, 0.29) is 5.91 Å². The number of hydrogen-bond acceptors (Lipinski definition) is 3. The number of carbonyl (C=O) groups is 1. The molecule has 3 nitrogen and oxygen atoms in total. The van der Waals surface area contributed by atoms with E-state index >= 15 is 0 Å². The molecule has 0 unspecified atom stereocenters. The lowest BCUT2D eigenvalue weighted by Gasteiger charge is -2.28. The first-order chi connectivity index (χ1) is 8.83. The maximum Gasteiger partial charge on any atom is 0.233 e. The maximum absolute atomic E-state index is 12.1. The Balaban J connectivity index is 2.57. The van der Waals surface area contributed by atoms with Crippen LogP contribution in [0.25, 0.3) is 0 Å². The van der Waals surface area contributed by atoms with Crippen molar-refractivity contribution < 1.29 is 9.90 Å². The highest BCUT2D eigenvalue weighted by Crippen LogP contribution is 2.26. The van der Waals surface area contributed by atoms with Crippen LogP contribution in [-0.2, 0) is 4.79 Å². The van der Waals surface area contributed by atoms with Gasteiger partial charge in [-0.3, -0.25) is 4.79 Å². The third kappa shape index (κ3) is 5.85. The Morgan fingerprint density at radius 2 is 2.05 bits per heavy atom. The summed E-state index contributed by atoms with van der Waals surface area (Å²) in [6.45, 7) is 6.23. The second-order valence-corrected chi connectivity index (χ2v) is 6.36. The number of carbonyl (C=O) groups excluding carboxylic acids is 1. The van der Waals surface area contributed by atoms with Gasteiger partial charge in [-0.1, -0.05) is 23.7 Å². The Hall–Kier alpha value is -0.710. The van der Waals surface area contributed by atoms with Crippen LogP contribution in [-0.4, -0.2) is 40.4 Å². The number of halogens is 1. The molecule has 0 heterocycles. The van der Waals surface area contributed by atoms with Gasteiger partial charge in [0.15, 0.2) is 0 Å². The van der Waals surface area contributed by atoms with Gasteiger partial charge in [-0.2, -0.15) is 0 Å². The largest absolute Gasteiger partial charge is 0.389 e. The van der Waals surface area contributed by atoms with Crippen molar-refractivity contribution in [3.8, 4) is 0 Å². The van der Waals surface area contributed by atoms with Crippen molar-refractivity contribution in [2.24, 2.45) is 0 Å². The predicted octanol–water partition coefficient (Wildman–Crippen LogP) is 3.05. The van der Waals surface area contributed by atoms with Crippen LogP contribution in [0.5, 0.6) is 0 Å². The zero-order valence-corrected chi connectivity index (χ0v) is 13.1. The van der Waals surface area contributed by atoms with Gasteiger partial charge in [0.05, 0.1) is 16.4 Å². The van der Waals surface area contributed by atoms with E-state index in [1.165, 1.54) is 11.8 Å². The first kappa shape index (κ1) is 16.3. The molecule has 0 radical (unpaired) electrons. The third-order valence-corrected chi connectivity index (χ3v) is 4.00. The van der Waals surface area contributed by atoms with Crippen LogP contribution in [0.1, 0.15) is 20.8 Å². The number of thioether (sulfide) groups is 1. The van der Waals surface area contributed by atoms with Crippen LogP contribution in [0.4, 0.5) is 0 Å². The van der Waals surface area contributed by atoms with Gasteiger partial charge >= 0.3 is 0 Å². The summed E-state index contributed by atoms with van der Waals surface area (Å²) >= 11 is 7.46. The third-order valence-electron chi connectivity index (χ3n) is 2.50. The summed E-state index contributed by atoms with van der Waals surface area (Å²) in [5.74, 6) is 0.336. The molecule has 1 N–H and O–H groups in total. The lowest BCUT2D eigenvalue weighted by atomic mass is 10.1. The molecule has 19 heavy (non-hydrogen) atoms. The Labute approximate surface area is 123 Å². The minimum absolute atomic E-state index is 0.00884. The molecule has 1 aromatic carbocycles. The van der Waals surface area contributed by atoms with Gasteiger partial charge in [-0.05, 0) is 32.9 Å². The molecule has 0 aliphatic heterocycles. The minimum atomic E-state index is -0.874. The molecular weight excluding hydrogens is 282 g/mol. The van der Waals surface area contributed by atoms with Crippen LogP contribution < -0.4 is 0 Å². The fourth-order valence-electron chi connectivity index (χ4n) is 1.64. The van der Waals surface area contributed by atoms with E-state index in [0.717, 1.165) is 4.90 Å². The summed E-state index contributed by atoms with van der Waals surface area (Å²) in [7, 11) is 0. The summed E-state index contributed by atoms with van der Waals surface area (Å²) < 4.78 is 0. The molecule has 0 aromatic heterocycles. The van der Waals surface area contributed by atoms with E-state index < -0.39 is 5.60 Å². The lowest BCUT2D eigenvalue weighted by Crippen LogP contribution is -2.42. The molecule has 1 rings (SSSR count). The molecule has 0 fully saturated rings. The van der Waals surface area contributed by atoms with Crippen molar-refractivity contribution in [1.29, 1.82) is 0 Å². The second kappa shape index (κ2) is 7.17. The summed E-state index contributed by atoms with van der Waals surface area (Å²) in [5.41, 5.74) is -0.874. The van der Waals surface area contributed by atoms with Gasteiger partial charge in [0, 0.05) is 18.0 Å². The normalized spacial score (nSPS) is 11.4. The van der Waals surface area contributed by atoms with Crippen LogP contribution >= 0.6 is 23.4 Å². The van der Waals surface area contributed by atoms with Crippen LogP contribution in [0.2, 0.25) is 5.02 Å². The van der Waals surface area contributed by atoms with Gasteiger partial charge in [-0.25, -0.2) is 0 Å². The van der Waals surface area contributed by atoms with Crippen molar-refractivity contribution in [3.05, 3.63) is 29.3 Å². The number of likely N-dealkylation sites (N-methyl/N-ethyl adjacent to an activating group) is 1. The molecule has 0 atom stereocenters. The monoisotopic (exact) mass is 301 g/mol. The first-order valence-corrected chi connectivity index (χ1v) is 7.57. The maximum atomic E-state index is 12.1. The molecule has 0 aliphatic carbocycles. The summed E-state index contributed by atoms with van der Waals surface area (Å²) in [6.07, 6.45) is 0. The summed E-state index contributed by atoms with van der Waals surface area (Å²) in [4.78, 5) is 14.6. The number of benzene rings is 1. The molecule has 0 aliphatic rings. The molecule has 0 saturated carbocycles. The predicted molar refractivity (Wildman–Crippen MR) is 80.7 cm³/mol. The molecule has 0 saturated heterocycles. The standard InChI is InChI=1S/C14H20ClNO2S/c1-4-16(10-14(2,3)18)13(17)9-19-12-8-6-5-7-11(12)15/h5-8,18H,4,9-10H2,1-3H3. The Bertz CT molecular complexity index is 432. The number of aliphatic hydroxyl groups is 1. The van der Waals surface area contributed by atoms with Gasteiger partial charge in [0.2, 0.25) is 5.91 Å². The summed E-state index contributed by atoms with van der Waals surface area (Å²) in [6, 6.07) is 7.46. The molecule has 1 amide bonds. The molecule has 1 aromatic rings. The first-order valence-electron chi connectivity index (χ1n) is 6.21. The van der Waals surface area contributed by atoms with Gasteiger partial charge in [-0.15, -0.1) is 11.8 Å². The topological polar surface area (TPSA) is 40.5 Å². The van der Waals surface area contributed by atoms with E-state index in [0.29, 0.717) is 23.9 Å². The molecule has 0 spiro atoms. The average Bonchev–Trinajstić information content (AvgIpc) is 2.33. The van der Waals surface area contributed by atoms with Crippen LogP contribution in [0.15, 0.2) is 29.2 Å². The Morgan fingerprint density at radius 3 is 2.58 bits per heavy atom. The lowest BCUT2D eigenvalue weighted by molar-refractivity contribution is -0.131. The molecule has 5 heteroatoms. The van der Waals surface area contributed by atoms with E-state index in [9.17, 15) is 9.90 Å². The highest BCUT2D eigenvalue weighted by atomic mass is 35.5. The molecule has 0 bridgehead atoms. The van der Waals surface area contributed by atoms with Crippen molar-refractivity contribution in [2.75, 3.05) is 18.8 Å². The fraction of sp³-hybridized carbons (Fsp3) is 0.500. The summed E-state index contributed by atoms with van der Waals surface area (Å²) in [5, 5.41) is 10.4. The Kier molecular flexibility index (Phi) is 6.17. The Morgan fingerprint density at radius 1 is 1.42 bits per heavy atom. The number of nitrogens with zero attached hydrogens (tertiary/aromatic N) is 1. The zero-order chi connectivity index (χ0) is 14.5. The van der Waals surface area contributed by atoms with E-state index in [1.54, 1.807) is 18.7 Å². The zero-order valence-electron chi connectivity index (χ0n) is 11.5. The van der Waals surface area contributed by atoms with Gasteiger partial charge < -0.3 is 10.0 Å². The van der Waals surface area contributed by atoms with Crippen molar-refractivity contribution in [2.45, 2.75) is 31.3 Å². The highest BCUT2D eigenvalue weighted by Gasteiger charge is 2.21. The van der Waals surface area contributed by atoms with E-state index in [4.69, 9.17) is 11.6 Å². The van der Waals surface area contributed by atoms with E-state index in [1.807, 2.05) is 31.2 Å². The smallest absolute Gasteiger partial charge is 0.233 e. The highest BCUT2D eigenvalue weighted by molar-refractivity contribution is 8.00. The number of rotatable bonds is 6. The van der Waals surface area contributed by atoms with Crippen molar-refractivity contribution in [3.63, 3.8) is 0 Å². The van der Waals surface area contributed by atoms with Crippen molar-refractivity contribution >= 4 is 29.3 Å². The number of amides is 1. The van der Waals surface area contributed by atoms with E-state index in [2.05, 4.69) is 0 Å². The van der Waals surface area contributed by atoms with Gasteiger partial charge in [0.1, 0.15) is 0 Å². The van der Waals surface area contributed by atoms with Crippen LogP contribution in [0.3, 0.4) is 0 Å². The van der Waals surface area contributed by atoms with Gasteiger partial charge in [0.25, 0.3) is 0 Å². The SMILES string of the molecule is CCN(CC(C)(C)O)C(=O)CSc1ccccc1Cl. The quantitative estimate of drug-likeness (QED) is 0.821. The average molecular weight is 302 g/mol. The number of hydrogen-bond donors (Lipinski definition) is 1. The second-order valence-electron chi connectivity index (χ2n) is 4.94. The minimum Gasteiger partial charge on any atom is -0.389 e. The fourth-order valence-corrected chi connectivity index (χ4v) is 2.78. The molecular formula is C14H20ClNO2S.